The standard InChI is InChI=1S/C21H25N3O2/c1-3-26-15-14-24-19-11-7-6-10-18(19)23-20(24)12-13-22-21(25)17-9-5-4-8-16(17)2/h4-11H,3,12-15H2,1-2H3,(H,22,25). The van der Waals surface area contributed by atoms with Crippen LogP contribution in [0.5, 0.6) is 0 Å². The van der Waals surface area contributed by atoms with Crippen molar-refractivity contribution >= 4 is 16.9 Å². The monoisotopic (exact) mass is 351 g/mol. The molecule has 1 amide bonds. The molecule has 0 aliphatic carbocycles. The zero-order valence-electron chi connectivity index (χ0n) is 15.4. The summed E-state index contributed by atoms with van der Waals surface area (Å²) in [7, 11) is 0. The lowest BCUT2D eigenvalue weighted by atomic mass is 10.1. The summed E-state index contributed by atoms with van der Waals surface area (Å²) in [5, 5.41) is 3.00. The third-order valence-electron chi connectivity index (χ3n) is 4.42. The Hall–Kier alpha value is -2.66. The Morgan fingerprint density at radius 2 is 1.92 bits per heavy atom. The smallest absolute Gasteiger partial charge is 0.251 e. The molecule has 0 saturated carbocycles. The normalized spacial score (nSPS) is 11.0. The van der Waals surface area contributed by atoms with E-state index in [0.717, 1.165) is 34.5 Å². The number of carbonyl (C=O) groups is 1. The van der Waals surface area contributed by atoms with Gasteiger partial charge in [-0.15, -0.1) is 0 Å². The molecule has 0 unspecified atom stereocenters. The lowest BCUT2D eigenvalue weighted by Crippen LogP contribution is -2.27. The lowest BCUT2D eigenvalue weighted by molar-refractivity contribution is 0.0953. The summed E-state index contributed by atoms with van der Waals surface area (Å²) >= 11 is 0. The first-order chi connectivity index (χ1) is 12.7. The van der Waals surface area contributed by atoms with Gasteiger partial charge in [0.25, 0.3) is 5.91 Å². The minimum absolute atomic E-state index is 0.0416. The van der Waals surface area contributed by atoms with E-state index in [9.17, 15) is 4.79 Å². The Kier molecular flexibility index (Phi) is 6.02. The topological polar surface area (TPSA) is 56.1 Å². The number of amides is 1. The van der Waals surface area contributed by atoms with Crippen molar-refractivity contribution in [3.8, 4) is 0 Å². The molecule has 0 radical (unpaired) electrons. The molecule has 5 nitrogen and oxygen atoms in total. The molecule has 0 saturated heterocycles. The van der Waals surface area contributed by atoms with Gasteiger partial charge in [0.15, 0.2) is 0 Å². The molecule has 0 fully saturated rings. The van der Waals surface area contributed by atoms with Gasteiger partial charge in [0, 0.05) is 31.7 Å². The Labute approximate surface area is 154 Å². The number of benzene rings is 2. The van der Waals surface area contributed by atoms with Gasteiger partial charge in [-0.1, -0.05) is 30.3 Å². The van der Waals surface area contributed by atoms with E-state index < -0.39 is 0 Å². The van der Waals surface area contributed by atoms with Crippen molar-refractivity contribution in [2.45, 2.75) is 26.8 Å². The molecule has 3 aromatic rings. The van der Waals surface area contributed by atoms with E-state index in [1.165, 1.54) is 0 Å². The summed E-state index contributed by atoms with van der Waals surface area (Å²) in [4.78, 5) is 17.1. The number of para-hydroxylation sites is 2. The van der Waals surface area contributed by atoms with Crippen LogP contribution in [-0.2, 0) is 17.7 Å². The van der Waals surface area contributed by atoms with E-state index in [1.807, 2.05) is 56.3 Å². The second kappa shape index (κ2) is 8.63. The van der Waals surface area contributed by atoms with E-state index in [4.69, 9.17) is 9.72 Å². The van der Waals surface area contributed by atoms with E-state index >= 15 is 0 Å². The van der Waals surface area contributed by atoms with Crippen LogP contribution in [0.25, 0.3) is 11.0 Å². The largest absolute Gasteiger partial charge is 0.380 e. The first-order valence-corrected chi connectivity index (χ1v) is 9.06. The molecule has 1 heterocycles. The van der Waals surface area contributed by atoms with Crippen LogP contribution in [0, 0.1) is 6.92 Å². The molecule has 0 aliphatic rings. The number of hydrogen-bond donors (Lipinski definition) is 1. The Morgan fingerprint density at radius 1 is 1.15 bits per heavy atom. The Morgan fingerprint density at radius 3 is 2.73 bits per heavy atom. The van der Waals surface area contributed by atoms with Gasteiger partial charge in [-0.05, 0) is 37.6 Å². The highest BCUT2D eigenvalue weighted by Gasteiger charge is 2.12. The van der Waals surface area contributed by atoms with Crippen LogP contribution in [0.1, 0.15) is 28.7 Å². The highest BCUT2D eigenvalue weighted by Crippen LogP contribution is 2.16. The molecule has 0 bridgehead atoms. The predicted molar refractivity (Wildman–Crippen MR) is 103 cm³/mol. The zero-order valence-corrected chi connectivity index (χ0v) is 15.4. The van der Waals surface area contributed by atoms with Crippen LogP contribution in [0.4, 0.5) is 0 Å². The molecule has 136 valence electrons. The van der Waals surface area contributed by atoms with Crippen LogP contribution in [0.15, 0.2) is 48.5 Å². The number of nitrogens with zero attached hydrogens (tertiary/aromatic N) is 2. The summed E-state index contributed by atoms with van der Waals surface area (Å²) < 4.78 is 7.69. The van der Waals surface area contributed by atoms with Gasteiger partial charge >= 0.3 is 0 Å². The van der Waals surface area contributed by atoms with Gasteiger partial charge in [-0.3, -0.25) is 4.79 Å². The van der Waals surface area contributed by atoms with Crippen molar-refractivity contribution in [3.63, 3.8) is 0 Å². The first kappa shape index (κ1) is 18.1. The quantitative estimate of drug-likeness (QED) is 0.633. The second-order valence-corrected chi connectivity index (χ2v) is 6.19. The molecule has 5 heteroatoms. The highest BCUT2D eigenvalue weighted by atomic mass is 16.5. The van der Waals surface area contributed by atoms with Crippen LogP contribution in [0.2, 0.25) is 0 Å². The molecule has 0 aliphatic heterocycles. The zero-order chi connectivity index (χ0) is 18.4. The fraction of sp³-hybridized carbons (Fsp3) is 0.333. The number of ether oxygens (including phenoxy) is 1. The maximum absolute atomic E-state index is 12.4. The van der Waals surface area contributed by atoms with Crippen molar-refractivity contribution in [2.24, 2.45) is 0 Å². The molecule has 0 atom stereocenters. The number of aryl methyl sites for hydroxylation is 1. The van der Waals surface area contributed by atoms with E-state index in [2.05, 4.69) is 16.0 Å². The molecule has 1 N–H and O–H groups in total. The lowest BCUT2D eigenvalue weighted by Gasteiger charge is -2.10. The molecule has 2 aromatic carbocycles. The summed E-state index contributed by atoms with van der Waals surface area (Å²) in [5.74, 6) is 0.927. The van der Waals surface area contributed by atoms with Crippen molar-refractivity contribution in [3.05, 3.63) is 65.5 Å². The molecular weight excluding hydrogens is 326 g/mol. The van der Waals surface area contributed by atoms with Crippen LogP contribution in [0.3, 0.4) is 0 Å². The van der Waals surface area contributed by atoms with Crippen molar-refractivity contribution in [1.29, 1.82) is 0 Å². The predicted octanol–water partition coefficient (Wildman–Crippen LogP) is 3.35. The molecule has 26 heavy (non-hydrogen) atoms. The van der Waals surface area contributed by atoms with E-state index in [-0.39, 0.29) is 5.91 Å². The Balaban J connectivity index is 1.69. The molecule has 1 aromatic heterocycles. The number of hydrogen-bond acceptors (Lipinski definition) is 3. The third-order valence-corrected chi connectivity index (χ3v) is 4.42. The molecule has 0 spiro atoms. The van der Waals surface area contributed by atoms with Gasteiger partial charge in [-0.2, -0.15) is 0 Å². The summed E-state index contributed by atoms with van der Waals surface area (Å²) in [6.45, 7) is 6.60. The number of nitrogens with one attached hydrogen (secondary N) is 1. The Bertz CT molecular complexity index is 886. The third kappa shape index (κ3) is 4.11. The number of imidazole rings is 1. The van der Waals surface area contributed by atoms with Crippen molar-refractivity contribution in [2.75, 3.05) is 19.8 Å². The fourth-order valence-corrected chi connectivity index (χ4v) is 3.08. The van der Waals surface area contributed by atoms with E-state index in [0.29, 0.717) is 26.2 Å². The summed E-state index contributed by atoms with van der Waals surface area (Å²) in [6.07, 6.45) is 0.679. The summed E-state index contributed by atoms with van der Waals surface area (Å²) in [6, 6.07) is 15.7. The number of rotatable bonds is 8. The second-order valence-electron chi connectivity index (χ2n) is 6.19. The molecule has 3 rings (SSSR count). The van der Waals surface area contributed by atoms with Gasteiger partial charge in [0.1, 0.15) is 5.82 Å². The van der Waals surface area contributed by atoms with E-state index in [1.54, 1.807) is 0 Å². The maximum Gasteiger partial charge on any atom is 0.251 e. The number of carbonyl (C=O) groups excluding carboxylic acids is 1. The highest BCUT2D eigenvalue weighted by molar-refractivity contribution is 5.95. The molecular formula is C21H25N3O2. The van der Waals surface area contributed by atoms with Gasteiger partial charge in [0.05, 0.1) is 17.6 Å². The fourth-order valence-electron chi connectivity index (χ4n) is 3.08. The average Bonchev–Trinajstić information content (AvgIpc) is 3.00. The van der Waals surface area contributed by atoms with Crippen molar-refractivity contribution < 1.29 is 9.53 Å². The SMILES string of the molecule is CCOCCn1c(CCNC(=O)c2ccccc2C)nc2ccccc21. The van der Waals surface area contributed by atoms with Gasteiger partial charge in [0.2, 0.25) is 0 Å². The van der Waals surface area contributed by atoms with Gasteiger partial charge < -0.3 is 14.6 Å². The van der Waals surface area contributed by atoms with Crippen molar-refractivity contribution in [1.82, 2.24) is 14.9 Å². The number of aromatic nitrogens is 2. The van der Waals surface area contributed by atoms with Gasteiger partial charge in [-0.25, -0.2) is 4.98 Å². The summed E-state index contributed by atoms with van der Waals surface area (Å²) in [5.41, 5.74) is 3.78. The van der Waals surface area contributed by atoms with Crippen LogP contribution < -0.4 is 5.32 Å². The minimum Gasteiger partial charge on any atom is -0.380 e. The minimum atomic E-state index is -0.0416. The van der Waals surface area contributed by atoms with Crippen LogP contribution in [-0.4, -0.2) is 35.2 Å². The van der Waals surface area contributed by atoms with Crippen LogP contribution >= 0.6 is 0 Å². The average molecular weight is 351 g/mol. The maximum atomic E-state index is 12.4. The first-order valence-electron chi connectivity index (χ1n) is 9.06. The number of fused-ring (bicyclic) bond motifs is 1.